The van der Waals surface area contributed by atoms with Crippen LogP contribution in [0.1, 0.15) is 5.56 Å². The van der Waals surface area contributed by atoms with Gasteiger partial charge < -0.3 is 14.9 Å². The van der Waals surface area contributed by atoms with Crippen LogP contribution in [0.3, 0.4) is 0 Å². The number of amidine groups is 1. The van der Waals surface area contributed by atoms with Crippen LogP contribution in [0.15, 0.2) is 34.2 Å². The molecule has 122 valence electrons. The Morgan fingerprint density at radius 1 is 1.30 bits per heavy atom. The summed E-state index contributed by atoms with van der Waals surface area (Å²) in [6, 6.07) is 6.04. The summed E-state index contributed by atoms with van der Waals surface area (Å²) in [5.74, 6) is -0.530. The minimum atomic E-state index is -0.294. The number of piperazine rings is 1. The number of hydrogen-bond acceptors (Lipinski definition) is 4. The molecule has 1 saturated heterocycles. The second-order valence-electron chi connectivity index (χ2n) is 5.57. The molecular formula is C16H19FN3O2S+. The highest BCUT2D eigenvalue weighted by Crippen LogP contribution is 2.30. The van der Waals surface area contributed by atoms with Crippen LogP contribution < -0.4 is 4.90 Å². The van der Waals surface area contributed by atoms with E-state index in [1.165, 1.54) is 28.8 Å². The number of halogens is 1. The normalized spacial score (nSPS) is 21.1. The van der Waals surface area contributed by atoms with Gasteiger partial charge in [0.1, 0.15) is 12.4 Å². The highest BCUT2D eigenvalue weighted by Gasteiger charge is 2.29. The zero-order valence-electron chi connectivity index (χ0n) is 12.7. The van der Waals surface area contributed by atoms with E-state index in [2.05, 4.69) is 9.89 Å². The van der Waals surface area contributed by atoms with Gasteiger partial charge in [-0.2, -0.15) is 4.99 Å². The molecule has 1 amide bonds. The molecule has 2 aliphatic rings. The number of benzene rings is 1. The number of aliphatic imine (C=N–C) groups is 1. The van der Waals surface area contributed by atoms with E-state index in [1.54, 1.807) is 18.2 Å². The minimum Gasteiger partial charge on any atom is -0.391 e. The molecule has 0 saturated carbocycles. The smallest absolute Gasteiger partial charge is 0.286 e. The number of nitrogens with zero attached hydrogens (tertiary/aromatic N) is 2. The van der Waals surface area contributed by atoms with Crippen LogP contribution in [0.4, 0.5) is 4.39 Å². The van der Waals surface area contributed by atoms with Gasteiger partial charge in [0.2, 0.25) is 0 Å². The molecule has 2 N–H and O–H groups in total. The molecule has 2 aliphatic heterocycles. The maximum atomic E-state index is 12.9. The van der Waals surface area contributed by atoms with E-state index in [9.17, 15) is 9.18 Å². The van der Waals surface area contributed by atoms with Crippen molar-refractivity contribution in [3.63, 3.8) is 0 Å². The Morgan fingerprint density at radius 2 is 2.00 bits per heavy atom. The third-order valence-corrected chi connectivity index (χ3v) is 5.03. The van der Waals surface area contributed by atoms with Gasteiger partial charge in [-0.1, -0.05) is 12.1 Å². The summed E-state index contributed by atoms with van der Waals surface area (Å²) >= 11 is 1.37. The largest absolute Gasteiger partial charge is 0.391 e. The lowest BCUT2D eigenvalue weighted by Gasteiger charge is -2.32. The molecular weight excluding hydrogens is 317 g/mol. The summed E-state index contributed by atoms with van der Waals surface area (Å²) in [4.78, 5) is 20.3. The molecule has 1 aromatic rings. The number of hydrogen-bond donors (Lipinski definition) is 2. The zero-order valence-corrected chi connectivity index (χ0v) is 13.5. The maximum Gasteiger partial charge on any atom is 0.286 e. The molecule has 0 unspecified atom stereocenters. The predicted molar refractivity (Wildman–Crippen MR) is 88.6 cm³/mol. The summed E-state index contributed by atoms with van der Waals surface area (Å²) in [5.41, 5.74) is 0.788. The second-order valence-corrected chi connectivity index (χ2v) is 6.58. The molecule has 0 aromatic heterocycles. The van der Waals surface area contributed by atoms with Crippen LogP contribution in [-0.2, 0) is 4.79 Å². The van der Waals surface area contributed by atoms with Crippen molar-refractivity contribution in [2.75, 3.05) is 39.3 Å². The molecule has 0 bridgehead atoms. The van der Waals surface area contributed by atoms with E-state index in [0.717, 1.165) is 43.5 Å². The van der Waals surface area contributed by atoms with Gasteiger partial charge in [0.05, 0.1) is 37.7 Å². The van der Waals surface area contributed by atoms with Gasteiger partial charge in [-0.25, -0.2) is 4.39 Å². The van der Waals surface area contributed by atoms with Crippen LogP contribution in [0.5, 0.6) is 0 Å². The third kappa shape index (κ3) is 3.99. The molecule has 1 fully saturated rings. The number of aliphatic hydroxyl groups is 1. The van der Waals surface area contributed by atoms with E-state index in [0.29, 0.717) is 4.91 Å². The van der Waals surface area contributed by atoms with Crippen molar-refractivity contribution >= 4 is 28.9 Å². The summed E-state index contributed by atoms with van der Waals surface area (Å²) in [6.45, 7) is 4.50. The summed E-state index contributed by atoms with van der Waals surface area (Å²) < 4.78 is 12.9. The molecule has 0 radical (unpaired) electrons. The Kier molecular flexibility index (Phi) is 5.09. The maximum absolute atomic E-state index is 12.9. The van der Waals surface area contributed by atoms with E-state index in [4.69, 9.17) is 5.11 Å². The number of nitrogens with one attached hydrogen (secondary N) is 1. The Balaban J connectivity index is 1.63. The second kappa shape index (κ2) is 7.25. The van der Waals surface area contributed by atoms with Crippen molar-refractivity contribution in [2.45, 2.75) is 0 Å². The van der Waals surface area contributed by atoms with Gasteiger partial charge in [-0.05, 0) is 35.5 Å². The van der Waals surface area contributed by atoms with Crippen molar-refractivity contribution in [1.29, 1.82) is 0 Å². The number of thioether (sulfide) groups is 1. The molecule has 2 heterocycles. The fourth-order valence-corrected chi connectivity index (χ4v) is 3.63. The number of amides is 1. The van der Waals surface area contributed by atoms with Crippen molar-refractivity contribution in [1.82, 2.24) is 4.90 Å². The topological polar surface area (TPSA) is 57.3 Å². The molecule has 0 aliphatic carbocycles. The third-order valence-electron chi connectivity index (χ3n) is 3.98. The molecule has 3 rings (SSSR count). The lowest BCUT2D eigenvalue weighted by atomic mass is 10.2. The first-order chi connectivity index (χ1) is 11.2. The molecule has 23 heavy (non-hydrogen) atoms. The van der Waals surface area contributed by atoms with Gasteiger partial charge in [-0.3, -0.25) is 4.79 Å². The monoisotopic (exact) mass is 336 g/mol. The Morgan fingerprint density at radius 3 is 2.65 bits per heavy atom. The SMILES string of the molecule is O=C1N=C(N2CC[NH+](CCO)CC2)S/C1=C\c1ccc(F)cc1. The van der Waals surface area contributed by atoms with E-state index in [-0.39, 0.29) is 18.3 Å². The quantitative estimate of drug-likeness (QED) is 0.763. The number of carbonyl (C=O) groups excluding carboxylic acids is 1. The number of carbonyl (C=O) groups is 1. The van der Waals surface area contributed by atoms with E-state index < -0.39 is 0 Å². The van der Waals surface area contributed by atoms with Crippen LogP contribution in [0, 0.1) is 5.82 Å². The van der Waals surface area contributed by atoms with Crippen LogP contribution in [0.25, 0.3) is 6.08 Å². The Bertz CT molecular complexity index is 637. The van der Waals surface area contributed by atoms with Gasteiger partial charge >= 0.3 is 0 Å². The highest BCUT2D eigenvalue weighted by molar-refractivity contribution is 8.18. The molecule has 7 heteroatoms. The fourth-order valence-electron chi connectivity index (χ4n) is 2.67. The lowest BCUT2D eigenvalue weighted by Crippen LogP contribution is -3.15. The summed E-state index contributed by atoms with van der Waals surface area (Å²) in [6.07, 6.45) is 1.75. The number of aliphatic hydroxyl groups excluding tert-OH is 1. The van der Waals surface area contributed by atoms with Crippen molar-refractivity contribution < 1.29 is 19.2 Å². The van der Waals surface area contributed by atoms with Crippen molar-refractivity contribution in [3.8, 4) is 0 Å². The number of quaternary nitrogens is 1. The van der Waals surface area contributed by atoms with Crippen molar-refractivity contribution in [3.05, 3.63) is 40.6 Å². The van der Waals surface area contributed by atoms with Gasteiger partial charge in [-0.15, -0.1) is 0 Å². The first-order valence-electron chi connectivity index (χ1n) is 7.63. The van der Waals surface area contributed by atoms with Gasteiger partial charge in [0.15, 0.2) is 5.17 Å². The standard InChI is InChI=1S/C16H18FN3O2S/c17-13-3-1-12(2-4-13)11-14-15(22)18-16(23-14)20-7-5-19(6-8-20)9-10-21/h1-4,11,21H,5-10H2/p+1/b14-11-. The van der Waals surface area contributed by atoms with Crippen molar-refractivity contribution in [2.24, 2.45) is 4.99 Å². The predicted octanol–water partition coefficient (Wildman–Crippen LogP) is -0.0112. The minimum absolute atomic E-state index is 0.202. The molecule has 0 atom stereocenters. The zero-order chi connectivity index (χ0) is 16.2. The first-order valence-corrected chi connectivity index (χ1v) is 8.45. The van der Waals surface area contributed by atoms with Gasteiger partial charge in [0.25, 0.3) is 5.91 Å². The van der Waals surface area contributed by atoms with Gasteiger partial charge in [0, 0.05) is 0 Å². The lowest BCUT2D eigenvalue weighted by molar-refractivity contribution is -0.904. The van der Waals surface area contributed by atoms with Crippen LogP contribution >= 0.6 is 11.8 Å². The Labute approximate surface area is 138 Å². The fraction of sp³-hybridized carbons (Fsp3) is 0.375. The molecule has 5 nitrogen and oxygen atoms in total. The highest BCUT2D eigenvalue weighted by atomic mass is 32.2. The molecule has 1 aromatic carbocycles. The molecule has 0 spiro atoms. The average molecular weight is 336 g/mol. The first kappa shape index (κ1) is 16.2. The number of rotatable bonds is 3. The summed E-state index contributed by atoms with van der Waals surface area (Å²) in [5, 5.41) is 9.73. The Hall–Kier alpha value is -1.70. The summed E-state index contributed by atoms with van der Waals surface area (Å²) in [7, 11) is 0. The van der Waals surface area contributed by atoms with Crippen LogP contribution in [0.2, 0.25) is 0 Å². The van der Waals surface area contributed by atoms with E-state index >= 15 is 0 Å². The average Bonchev–Trinajstić information content (AvgIpc) is 2.92. The van der Waals surface area contributed by atoms with Crippen LogP contribution in [-0.4, -0.2) is 60.4 Å². The van der Waals surface area contributed by atoms with E-state index in [1.807, 2.05) is 0 Å².